The van der Waals surface area contributed by atoms with Gasteiger partial charge in [0.2, 0.25) is 0 Å². The maximum absolute atomic E-state index is 2.35. The average Bonchev–Trinajstić information content (AvgIpc) is 2.46. The smallest absolute Gasteiger partial charge is 0.00552 e. The summed E-state index contributed by atoms with van der Waals surface area (Å²) in [5, 5.41) is 0. The van der Waals surface area contributed by atoms with E-state index in [9.17, 15) is 0 Å². The minimum absolute atomic E-state index is 0.688. The van der Waals surface area contributed by atoms with Crippen LogP contribution in [0.3, 0.4) is 0 Å². The van der Waals surface area contributed by atoms with Gasteiger partial charge in [-0.25, -0.2) is 0 Å². The lowest BCUT2D eigenvalue weighted by Gasteiger charge is -2.04. The van der Waals surface area contributed by atoms with E-state index in [-0.39, 0.29) is 0 Å². The zero-order valence-electron chi connectivity index (χ0n) is 8.59. The molecule has 1 aromatic carbocycles. The summed E-state index contributed by atoms with van der Waals surface area (Å²) in [6.45, 7) is 6.70. The fraction of sp³-hybridized carbons (Fsp3) is 0.385. The highest BCUT2D eigenvalue weighted by molar-refractivity contribution is 5.64. The van der Waals surface area contributed by atoms with E-state index in [4.69, 9.17) is 0 Å². The molecule has 0 radical (unpaired) electrons. The van der Waals surface area contributed by atoms with Gasteiger partial charge in [-0.1, -0.05) is 49.3 Å². The Balaban J connectivity index is 2.36. The molecule has 0 fully saturated rings. The summed E-state index contributed by atoms with van der Waals surface area (Å²) < 4.78 is 0. The Morgan fingerprint density at radius 2 is 2.00 bits per heavy atom. The molecular weight excluding hydrogens is 156 g/mol. The molecule has 0 saturated carbocycles. The first-order valence-electron chi connectivity index (χ1n) is 4.97. The van der Waals surface area contributed by atoms with E-state index in [1.807, 2.05) is 0 Å². The molecule has 68 valence electrons. The van der Waals surface area contributed by atoms with Crippen molar-refractivity contribution in [1.82, 2.24) is 0 Å². The lowest BCUT2D eigenvalue weighted by atomic mass is 10.0. The molecule has 1 aliphatic rings. The normalized spacial score (nSPS) is 14.6. The molecule has 0 amide bonds. The second-order valence-corrected chi connectivity index (χ2v) is 4.25. The van der Waals surface area contributed by atoms with Crippen LogP contribution in [0.25, 0.3) is 6.08 Å². The lowest BCUT2D eigenvalue weighted by Crippen LogP contribution is -1.93. The molecule has 0 saturated heterocycles. The van der Waals surface area contributed by atoms with Crippen LogP contribution in [0.4, 0.5) is 0 Å². The van der Waals surface area contributed by atoms with Crippen LogP contribution < -0.4 is 0 Å². The first-order chi connectivity index (χ1) is 6.16. The highest BCUT2D eigenvalue weighted by Gasteiger charge is 2.14. The largest absolute Gasteiger partial charge is 0.0626 e. The van der Waals surface area contributed by atoms with E-state index in [1.165, 1.54) is 16.7 Å². The molecule has 0 unspecified atom stereocenters. The van der Waals surface area contributed by atoms with Crippen LogP contribution in [0.15, 0.2) is 23.8 Å². The molecule has 0 aromatic heterocycles. The Morgan fingerprint density at radius 3 is 2.69 bits per heavy atom. The van der Waals surface area contributed by atoms with Crippen molar-refractivity contribution in [2.45, 2.75) is 27.2 Å². The molecule has 0 N–H and O–H groups in total. The molecule has 1 aliphatic carbocycles. The third kappa shape index (κ3) is 1.53. The monoisotopic (exact) mass is 172 g/mol. The van der Waals surface area contributed by atoms with Gasteiger partial charge in [0.05, 0.1) is 0 Å². The van der Waals surface area contributed by atoms with Crippen LogP contribution >= 0.6 is 0 Å². The maximum Gasteiger partial charge on any atom is -0.00552 e. The van der Waals surface area contributed by atoms with E-state index in [0.29, 0.717) is 5.92 Å². The number of rotatable bonds is 1. The molecule has 0 spiro atoms. The molecule has 0 heteroatoms. The number of hydrogen-bond donors (Lipinski definition) is 0. The van der Waals surface area contributed by atoms with Crippen LogP contribution in [0.1, 0.15) is 30.5 Å². The molecular formula is C13H16. The predicted molar refractivity (Wildman–Crippen MR) is 57.7 cm³/mol. The van der Waals surface area contributed by atoms with Crippen molar-refractivity contribution in [2.24, 2.45) is 5.92 Å². The molecule has 0 bridgehead atoms. The predicted octanol–water partition coefficient (Wildman–Crippen LogP) is 3.59. The lowest BCUT2D eigenvalue weighted by molar-refractivity contribution is 0.754. The summed E-state index contributed by atoms with van der Waals surface area (Å²) in [5.41, 5.74) is 5.87. The second kappa shape index (κ2) is 3.02. The van der Waals surface area contributed by atoms with Crippen molar-refractivity contribution in [3.63, 3.8) is 0 Å². The van der Waals surface area contributed by atoms with Gasteiger partial charge in [0, 0.05) is 0 Å². The number of benzene rings is 1. The molecule has 0 heterocycles. The zero-order valence-corrected chi connectivity index (χ0v) is 8.59. The van der Waals surface area contributed by atoms with E-state index < -0.39 is 0 Å². The van der Waals surface area contributed by atoms with Crippen LogP contribution in [0.5, 0.6) is 0 Å². The molecule has 0 aliphatic heterocycles. The van der Waals surface area contributed by atoms with Crippen molar-refractivity contribution < 1.29 is 0 Å². The van der Waals surface area contributed by atoms with Gasteiger partial charge >= 0.3 is 0 Å². The number of allylic oxidation sites excluding steroid dienone is 1. The van der Waals surface area contributed by atoms with Gasteiger partial charge in [0.15, 0.2) is 0 Å². The van der Waals surface area contributed by atoms with Crippen molar-refractivity contribution in [2.75, 3.05) is 0 Å². The molecule has 13 heavy (non-hydrogen) atoms. The topological polar surface area (TPSA) is 0 Å². The van der Waals surface area contributed by atoms with Crippen LogP contribution in [0.2, 0.25) is 0 Å². The summed E-state index contributed by atoms with van der Waals surface area (Å²) in [6, 6.07) is 6.74. The van der Waals surface area contributed by atoms with Crippen LogP contribution in [-0.4, -0.2) is 0 Å². The van der Waals surface area contributed by atoms with Gasteiger partial charge in [0.1, 0.15) is 0 Å². The molecule has 0 nitrogen and oxygen atoms in total. The molecule has 2 rings (SSSR count). The van der Waals surface area contributed by atoms with Gasteiger partial charge in [-0.15, -0.1) is 0 Å². The zero-order chi connectivity index (χ0) is 9.42. The van der Waals surface area contributed by atoms with Crippen molar-refractivity contribution >= 4 is 6.08 Å². The third-order valence-electron chi connectivity index (χ3n) is 2.78. The summed E-state index contributed by atoms with van der Waals surface area (Å²) in [6.07, 6.45) is 3.51. The van der Waals surface area contributed by atoms with Crippen LogP contribution in [0, 0.1) is 12.8 Å². The number of hydrogen-bond acceptors (Lipinski definition) is 0. The average molecular weight is 172 g/mol. The Hall–Kier alpha value is -1.04. The van der Waals surface area contributed by atoms with Crippen molar-refractivity contribution in [1.29, 1.82) is 0 Å². The van der Waals surface area contributed by atoms with Gasteiger partial charge < -0.3 is 0 Å². The van der Waals surface area contributed by atoms with Crippen LogP contribution in [-0.2, 0) is 6.42 Å². The standard InChI is InChI=1S/C13H16/c1-9(2)12-7-11-5-4-10(3)6-13(11)8-12/h4-7,9H,8H2,1-3H3. The first-order valence-corrected chi connectivity index (χ1v) is 4.97. The van der Waals surface area contributed by atoms with E-state index in [2.05, 4.69) is 45.0 Å². The summed E-state index contributed by atoms with van der Waals surface area (Å²) >= 11 is 0. The highest BCUT2D eigenvalue weighted by Crippen LogP contribution is 2.29. The van der Waals surface area contributed by atoms with Crippen molar-refractivity contribution in [3.05, 3.63) is 40.5 Å². The van der Waals surface area contributed by atoms with E-state index >= 15 is 0 Å². The fourth-order valence-electron chi connectivity index (χ4n) is 1.87. The Labute approximate surface area is 80.3 Å². The van der Waals surface area contributed by atoms with Crippen molar-refractivity contribution in [3.8, 4) is 0 Å². The third-order valence-corrected chi connectivity index (χ3v) is 2.78. The second-order valence-electron chi connectivity index (χ2n) is 4.25. The fourth-order valence-corrected chi connectivity index (χ4v) is 1.87. The SMILES string of the molecule is Cc1ccc2c(c1)CC(C(C)C)=C2. The first kappa shape index (κ1) is 8.55. The summed E-state index contributed by atoms with van der Waals surface area (Å²) in [5.74, 6) is 0.688. The molecule has 1 aromatic rings. The molecule has 0 atom stereocenters. The number of aryl methyl sites for hydroxylation is 1. The Bertz CT molecular complexity index is 356. The Kier molecular flexibility index (Phi) is 1.99. The highest BCUT2D eigenvalue weighted by atomic mass is 14.2. The van der Waals surface area contributed by atoms with E-state index in [1.54, 1.807) is 5.57 Å². The number of fused-ring (bicyclic) bond motifs is 1. The summed E-state index contributed by atoms with van der Waals surface area (Å²) in [7, 11) is 0. The van der Waals surface area contributed by atoms with Gasteiger partial charge in [-0.05, 0) is 30.4 Å². The van der Waals surface area contributed by atoms with Gasteiger partial charge in [0.25, 0.3) is 0 Å². The summed E-state index contributed by atoms with van der Waals surface area (Å²) in [4.78, 5) is 0. The minimum atomic E-state index is 0.688. The minimum Gasteiger partial charge on any atom is -0.0626 e. The maximum atomic E-state index is 2.35. The quantitative estimate of drug-likeness (QED) is 0.607. The van der Waals surface area contributed by atoms with Gasteiger partial charge in [-0.2, -0.15) is 0 Å². The Morgan fingerprint density at radius 1 is 1.23 bits per heavy atom. The van der Waals surface area contributed by atoms with Gasteiger partial charge in [-0.3, -0.25) is 0 Å². The van der Waals surface area contributed by atoms with E-state index in [0.717, 1.165) is 6.42 Å².